The minimum absolute atomic E-state index is 0.187. The predicted octanol–water partition coefficient (Wildman–Crippen LogP) is 7.10. The Labute approximate surface area is 289 Å². The maximum Gasteiger partial charge on any atom is 0.239 e. The molecular weight excluding hydrogens is 626 g/mol. The van der Waals surface area contributed by atoms with Crippen molar-refractivity contribution in [3.63, 3.8) is 0 Å². The van der Waals surface area contributed by atoms with Gasteiger partial charge in [-0.15, -0.1) is 0 Å². The highest BCUT2D eigenvalue weighted by Gasteiger charge is 2.82. The topological polar surface area (TPSA) is 90.0 Å². The van der Waals surface area contributed by atoms with Crippen LogP contribution in [0, 0.1) is 11.8 Å². The number of hydrogen-bond donors (Lipinski definition) is 0. The Morgan fingerprint density at radius 1 is 0.580 bits per heavy atom. The number of benzene rings is 5. The number of carbonyl (C=O) groups excluding carboxylic acids is 4. The Morgan fingerprint density at radius 3 is 1.42 bits per heavy atom. The van der Waals surface area contributed by atoms with Crippen LogP contribution in [-0.2, 0) is 25.2 Å². The molecule has 5 aromatic rings. The monoisotopic (exact) mass is 659 g/mol. The summed E-state index contributed by atoms with van der Waals surface area (Å²) in [6.07, 6.45) is 0. The van der Waals surface area contributed by atoms with E-state index in [1.165, 1.54) is 11.8 Å². The molecule has 1 saturated carbocycles. The zero-order valence-electron chi connectivity index (χ0n) is 27.8. The molecule has 1 heterocycles. The van der Waals surface area contributed by atoms with Crippen molar-refractivity contribution in [1.82, 2.24) is 0 Å². The van der Waals surface area contributed by atoms with Crippen molar-refractivity contribution in [2.24, 2.45) is 11.8 Å². The van der Waals surface area contributed by atoms with Crippen LogP contribution in [0.5, 0.6) is 11.5 Å². The Hall–Kier alpha value is -6.08. The molecule has 7 nitrogen and oxygen atoms in total. The molecule has 2 aliphatic carbocycles. The largest absolute Gasteiger partial charge is 0.497 e. The second kappa shape index (κ2) is 11.5. The number of imide groups is 1. The first-order chi connectivity index (χ1) is 24.3. The first kappa shape index (κ1) is 31.2. The predicted molar refractivity (Wildman–Crippen MR) is 190 cm³/mol. The van der Waals surface area contributed by atoms with Gasteiger partial charge < -0.3 is 9.47 Å². The molecule has 0 aromatic heterocycles. The molecular formula is C43H33NO6. The van der Waals surface area contributed by atoms with Crippen molar-refractivity contribution in [2.75, 3.05) is 19.1 Å². The maximum atomic E-state index is 16.1. The number of ketones is 2. The van der Waals surface area contributed by atoms with Gasteiger partial charge in [-0.3, -0.25) is 19.2 Å². The number of anilines is 1. The molecule has 50 heavy (non-hydrogen) atoms. The van der Waals surface area contributed by atoms with Gasteiger partial charge in [0.15, 0.2) is 11.6 Å². The lowest BCUT2D eigenvalue weighted by Crippen LogP contribution is -2.45. The van der Waals surface area contributed by atoms with Crippen molar-refractivity contribution < 1.29 is 28.7 Å². The van der Waals surface area contributed by atoms with Crippen LogP contribution in [0.1, 0.15) is 39.5 Å². The summed E-state index contributed by atoms with van der Waals surface area (Å²) < 4.78 is 11.0. The van der Waals surface area contributed by atoms with Gasteiger partial charge in [-0.05, 0) is 76.7 Å². The van der Waals surface area contributed by atoms with Gasteiger partial charge in [0.25, 0.3) is 0 Å². The Balaban J connectivity index is 1.53. The lowest BCUT2D eigenvalue weighted by molar-refractivity contribution is -0.130. The van der Waals surface area contributed by atoms with Crippen LogP contribution in [0.25, 0.3) is 11.1 Å². The van der Waals surface area contributed by atoms with Crippen LogP contribution >= 0.6 is 0 Å². The van der Waals surface area contributed by atoms with Crippen LogP contribution in [0.2, 0.25) is 0 Å². The fraction of sp³-hybridized carbons (Fsp3) is 0.163. The summed E-state index contributed by atoms with van der Waals surface area (Å²) in [7, 11) is 3.19. The van der Waals surface area contributed by atoms with Gasteiger partial charge in [0, 0.05) is 5.56 Å². The average Bonchev–Trinajstić information content (AvgIpc) is 3.67. The molecule has 8 rings (SSSR count). The Morgan fingerprint density at radius 2 is 1.02 bits per heavy atom. The second-order valence-corrected chi connectivity index (χ2v) is 13.0. The summed E-state index contributed by atoms with van der Waals surface area (Å²) in [6, 6.07) is 40.3. The van der Waals surface area contributed by atoms with E-state index in [1.807, 2.05) is 109 Å². The minimum atomic E-state index is -1.55. The van der Waals surface area contributed by atoms with Gasteiger partial charge in [-0.1, -0.05) is 97.1 Å². The van der Waals surface area contributed by atoms with Crippen molar-refractivity contribution in [2.45, 2.75) is 17.8 Å². The summed E-state index contributed by atoms with van der Waals surface area (Å²) >= 11 is 0. The summed E-state index contributed by atoms with van der Waals surface area (Å²) in [5.74, 6) is -2.23. The van der Waals surface area contributed by atoms with E-state index in [9.17, 15) is 4.79 Å². The smallest absolute Gasteiger partial charge is 0.239 e. The van der Waals surface area contributed by atoms with Gasteiger partial charge in [0.05, 0.1) is 42.6 Å². The van der Waals surface area contributed by atoms with Crippen LogP contribution in [0.3, 0.4) is 0 Å². The summed E-state index contributed by atoms with van der Waals surface area (Å²) in [5.41, 5.74) is 1.67. The molecule has 2 bridgehead atoms. The van der Waals surface area contributed by atoms with E-state index >= 15 is 14.4 Å². The molecule has 3 aliphatic rings. The summed E-state index contributed by atoms with van der Waals surface area (Å²) in [4.78, 5) is 60.1. The van der Waals surface area contributed by atoms with E-state index in [0.717, 1.165) is 11.1 Å². The third kappa shape index (κ3) is 4.03. The molecule has 4 atom stereocenters. The fourth-order valence-electron chi connectivity index (χ4n) is 8.76. The summed E-state index contributed by atoms with van der Waals surface area (Å²) in [6.45, 7) is 1.45. The van der Waals surface area contributed by atoms with Crippen molar-refractivity contribution in [3.8, 4) is 11.5 Å². The number of amides is 2. The number of hydrogen-bond acceptors (Lipinski definition) is 6. The number of carbonyl (C=O) groups is 4. The lowest BCUT2D eigenvalue weighted by atomic mass is 9.59. The number of nitrogens with zero attached hydrogens (tertiary/aromatic N) is 1. The van der Waals surface area contributed by atoms with E-state index < -0.39 is 34.5 Å². The van der Waals surface area contributed by atoms with Gasteiger partial charge in [0.2, 0.25) is 11.8 Å². The third-order valence-electron chi connectivity index (χ3n) is 10.7. The van der Waals surface area contributed by atoms with E-state index in [-0.39, 0.29) is 11.6 Å². The SMILES string of the molecule is COc1ccc(C2=C(c3ccc(OC)cc3)[C@@]3(c4ccccc4)C(=O)[C@@]2(c2ccccc2)[C@H]2C(=O)N(c4cccc(C(C)=O)c4)C(=O)[C@@H]23)cc1. The Bertz CT molecular complexity index is 2100. The standard InChI is InChI=1S/C43H33NO6/c1-26(45)29-11-10-16-32(25-29)44-39(46)37-38(40(44)47)43(31-14-8-5-9-15-31)36(28-19-23-34(50-3)24-20-28)35(27-17-21-33(49-2)22-18-27)42(37,41(43)48)30-12-6-4-7-13-30/h4-25,37-38H,1-3H3/t37-,38-,42-,43-/m1/s1. The van der Waals surface area contributed by atoms with Crippen LogP contribution in [0.15, 0.2) is 133 Å². The molecule has 0 N–H and O–H groups in total. The van der Waals surface area contributed by atoms with Crippen molar-refractivity contribution >= 4 is 40.2 Å². The molecule has 0 radical (unpaired) electrons. The van der Waals surface area contributed by atoms with E-state index in [4.69, 9.17) is 9.47 Å². The molecule has 0 unspecified atom stereocenters. The van der Waals surface area contributed by atoms with Crippen LogP contribution in [0.4, 0.5) is 5.69 Å². The number of fused-ring (bicyclic) bond motifs is 5. The molecule has 0 spiro atoms. The number of allylic oxidation sites excluding steroid dienone is 2. The average molecular weight is 660 g/mol. The van der Waals surface area contributed by atoms with Crippen molar-refractivity contribution in [1.29, 1.82) is 0 Å². The highest BCUT2D eigenvalue weighted by Crippen LogP contribution is 2.74. The molecule has 5 aromatic carbocycles. The third-order valence-corrected chi connectivity index (χ3v) is 10.7. The highest BCUT2D eigenvalue weighted by atomic mass is 16.5. The lowest BCUT2D eigenvalue weighted by Gasteiger charge is -2.39. The van der Waals surface area contributed by atoms with Gasteiger partial charge in [-0.25, -0.2) is 4.90 Å². The fourth-order valence-corrected chi connectivity index (χ4v) is 8.76. The molecule has 1 aliphatic heterocycles. The van der Waals surface area contributed by atoms with Crippen LogP contribution in [-0.4, -0.2) is 37.6 Å². The number of Topliss-reactive ketones (excluding diaryl/α,β-unsaturated/α-hetero) is 2. The zero-order chi connectivity index (χ0) is 34.8. The number of methoxy groups -OCH3 is 2. The van der Waals surface area contributed by atoms with E-state index in [0.29, 0.717) is 45.0 Å². The molecule has 1 saturated heterocycles. The molecule has 246 valence electrons. The second-order valence-electron chi connectivity index (χ2n) is 13.0. The first-order valence-electron chi connectivity index (χ1n) is 16.5. The van der Waals surface area contributed by atoms with E-state index in [1.54, 1.807) is 38.5 Å². The van der Waals surface area contributed by atoms with Gasteiger partial charge in [0.1, 0.15) is 11.5 Å². The summed E-state index contributed by atoms with van der Waals surface area (Å²) in [5, 5.41) is 0. The van der Waals surface area contributed by atoms with Gasteiger partial charge in [-0.2, -0.15) is 0 Å². The number of rotatable bonds is 8. The van der Waals surface area contributed by atoms with Crippen molar-refractivity contribution in [3.05, 3.63) is 161 Å². The number of ether oxygens (including phenoxy) is 2. The maximum absolute atomic E-state index is 16.1. The molecule has 2 fully saturated rings. The molecule has 2 amide bonds. The zero-order valence-corrected chi connectivity index (χ0v) is 27.8. The molecule has 7 heteroatoms. The minimum Gasteiger partial charge on any atom is -0.497 e. The van der Waals surface area contributed by atoms with Crippen LogP contribution < -0.4 is 14.4 Å². The van der Waals surface area contributed by atoms with Gasteiger partial charge >= 0.3 is 0 Å². The quantitative estimate of drug-likeness (QED) is 0.131. The Kier molecular flexibility index (Phi) is 7.19. The highest BCUT2D eigenvalue weighted by molar-refractivity contribution is 6.39. The van der Waals surface area contributed by atoms with E-state index in [2.05, 4.69) is 0 Å². The first-order valence-corrected chi connectivity index (χ1v) is 16.5. The normalized spacial score (nSPS) is 23.7.